The number of aromatic nitrogens is 4. The van der Waals surface area contributed by atoms with Crippen molar-refractivity contribution < 1.29 is 9.30 Å². The predicted molar refractivity (Wildman–Crippen MR) is 280 cm³/mol. The summed E-state index contributed by atoms with van der Waals surface area (Å²) in [4.78, 5) is 5.01. The number of hydrogen-bond donors (Lipinski definition) is 0. The molecule has 10 rings (SSSR count). The maximum Gasteiger partial charge on any atom is 0.269 e. The fraction of sp³-hybridized carbons (Fsp3) is 0.206. The van der Waals surface area contributed by atoms with E-state index < -0.39 is 0 Å². The van der Waals surface area contributed by atoms with E-state index in [1.807, 2.05) is 6.20 Å². The average Bonchev–Trinajstić information content (AvgIpc) is 3.96. The highest BCUT2D eigenvalue weighted by Crippen LogP contribution is 2.40. The molecule has 338 valence electrons. The van der Waals surface area contributed by atoms with E-state index in [1.165, 1.54) is 38.8 Å². The van der Waals surface area contributed by atoms with Gasteiger partial charge in [-0.3, -0.25) is 13.7 Å². The molecule has 3 aromatic heterocycles. The molecule has 7 aromatic carbocycles. The number of benzene rings is 7. The Hall–Kier alpha value is -7.50. The number of nitrogens with zero attached hydrogens (tertiary/aromatic N) is 4. The van der Waals surface area contributed by atoms with E-state index in [0.717, 1.165) is 56.4 Å². The molecule has 0 saturated carbocycles. The SMILES string of the molecule is CC(C)c1ccccc1-c1cc(Oc2ccc3c4ccccc4n(-c4cc(C(C)(C)c5ccccc5)ccn4)c3c2)cc(-n2[c-][n+](-c3cccc(C(C)(C)c4ccccc4)c3)c(C(C)(C)C)c2)c1. The lowest BCUT2D eigenvalue weighted by Gasteiger charge is -2.27. The van der Waals surface area contributed by atoms with Gasteiger partial charge in [-0.05, 0) is 111 Å². The minimum atomic E-state index is -0.226. The normalized spacial score (nSPS) is 12.3. The maximum atomic E-state index is 7.05. The fourth-order valence-electron chi connectivity index (χ4n) is 9.83. The molecule has 5 heteroatoms. The lowest BCUT2D eigenvalue weighted by molar-refractivity contribution is -0.611. The van der Waals surface area contributed by atoms with Crippen LogP contribution in [-0.2, 0) is 16.2 Å². The molecule has 0 aliphatic heterocycles. The van der Waals surface area contributed by atoms with Crippen LogP contribution in [0.15, 0.2) is 194 Å². The van der Waals surface area contributed by atoms with Gasteiger partial charge in [0.15, 0.2) is 0 Å². The predicted octanol–water partition coefficient (Wildman–Crippen LogP) is 15.6. The van der Waals surface area contributed by atoms with Crippen LogP contribution >= 0.6 is 0 Å². The van der Waals surface area contributed by atoms with E-state index in [1.54, 1.807) is 0 Å². The number of hydrogen-bond acceptors (Lipinski definition) is 2. The number of ether oxygens (including phenoxy) is 1. The monoisotopic (exact) mass is 888 g/mol. The van der Waals surface area contributed by atoms with Gasteiger partial charge in [-0.25, -0.2) is 4.98 Å². The topological polar surface area (TPSA) is 35.9 Å². The third-order valence-corrected chi connectivity index (χ3v) is 13.9. The molecule has 0 aliphatic rings. The molecule has 0 atom stereocenters. The summed E-state index contributed by atoms with van der Waals surface area (Å²) in [6.07, 6.45) is 7.98. The van der Waals surface area contributed by atoms with Gasteiger partial charge in [-0.2, -0.15) is 0 Å². The number of rotatable bonds is 11. The van der Waals surface area contributed by atoms with E-state index >= 15 is 0 Å². The molecule has 0 saturated heterocycles. The van der Waals surface area contributed by atoms with Gasteiger partial charge in [0.2, 0.25) is 0 Å². The van der Waals surface area contributed by atoms with Crippen LogP contribution in [0.3, 0.4) is 0 Å². The Bertz CT molecular complexity index is 3440. The van der Waals surface area contributed by atoms with Crippen molar-refractivity contribution in [2.75, 3.05) is 0 Å². The van der Waals surface area contributed by atoms with Crippen molar-refractivity contribution >= 4 is 21.8 Å². The molecule has 0 unspecified atom stereocenters. The molecular formula is C63H60N4O. The average molecular weight is 889 g/mol. The van der Waals surface area contributed by atoms with Crippen molar-refractivity contribution in [2.24, 2.45) is 0 Å². The van der Waals surface area contributed by atoms with Crippen molar-refractivity contribution in [3.8, 4) is 39.8 Å². The van der Waals surface area contributed by atoms with Gasteiger partial charge < -0.3 is 4.74 Å². The van der Waals surface area contributed by atoms with Gasteiger partial charge in [0, 0.05) is 40.1 Å². The molecule has 3 heterocycles. The molecule has 0 fully saturated rings. The zero-order chi connectivity index (χ0) is 47.4. The summed E-state index contributed by atoms with van der Waals surface area (Å²) in [5.74, 6) is 2.67. The van der Waals surface area contributed by atoms with E-state index in [4.69, 9.17) is 9.72 Å². The smallest absolute Gasteiger partial charge is 0.269 e. The van der Waals surface area contributed by atoms with Crippen molar-refractivity contribution in [2.45, 2.75) is 84.5 Å². The number of pyridine rings is 1. The van der Waals surface area contributed by atoms with Crippen LogP contribution < -0.4 is 9.30 Å². The van der Waals surface area contributed by atoms with Gasteiger partial charge in [0.25, 0.3) is 6.33 Å². The minimum Gasteiger partial charge on any atom is -0.458 e. The zero-order valence-electron chi connectivity index (χ0n) is 40.7. The Balaban J connectivity index is 1.10. The van der Waals surface area contributed by atoms with Gasteiger partial charge >= 0.3 is 0 Å². The molecule has 0 radical (unpaired) electrons. The van der Waals surface area contributed by atoms with Crippen molar-refractivity contribution in [1.29, 1.82) is 0 Å². The molecule has 0 N–H and O–H groups in total. The third-order valence-electron chi connectivity index (χ3n) is 13.9. The van der Waals surface area contributed by atoms with Gasteiger partial charge in [0.05, 0.1) is 28.1 Å². The maximum absolute atomic E-state index is 7.05. The Morgan fingerprint density at radius 1 is 0.544 bits per heavy atom. The molecule has 0 bridgehead atoms. The van der Waals surface area contributed by atoms with Crippen LogP contribution in [0.1, 0.15) is 102 Å². The first-order valence-corrected chi connectivity index (χ1v) is 23.9. The van der Waals surface area contributed by atoms with Gasteiger partial charge in [-0.1, -0.05) is 178 Å². The van der Waals surface area contributed by atoms with E-state index in [9.17, 15) is 0 Å². The Labute approximate surface area is 402 Å². The molecule has 68 heavy (non-hydrogen) atoms. The van der Waals surface area contributed by atoms with Crippen LogP contribution in [0.2, 0.25) is 0 Å². The molecule has 0 amide bonds. The van der Waals surface area contributed by atoms with E-state index in [-0.39, 0.29) is 16.2 Å². The Morgan fingerprint density at radius 3 is 1.88 bits per heavy atom. The summed E-state index contributed by atoms with van der Waals surface area (Å²) in [7, 11) is 0. The summed E-state index contributed by atoms with van der Waals surface area (Å²) in [5.41, 5.74) is 13.2. The van der Waals surface area contributed by atoms with Gasteiger partial charge in [-0.15, -0.1) is 0 Å². The lowest BCUT2D eigenvalue weighted by atomic mass is 9.78. The van der Waals surface area contributed by atoms with E-state index in [0.29, 0.717) is 5.92 Å². The summed E-state index contributed by atoms with van der Waals surface area (Å²) >= 11 is 0. The minimum absolute atomic E-state index is 0.187. The van der Waals surface area contributed by atoms with Crippen LogP contribution in [-0.4, -0.2) is 14.1 Å². The highest BCUT2D eigenvalue weighted by atomic mass is 16.5. The van der Waals surface area contributed by atoms with Crippen LogP contribution in [0.25, 0.3) is 50.1 Å². The first-order chi connectivity index (χ1) is 32.7. The molecule has 5 nitrogen and oxygen atoms in total. The number of para-hydroxylation sites is 1. The second kappa shape index (κ2) is 17.3. The highest BCUT2D eigenvalue weighted by Gasteiger charge is 2.27. The molecule has 0 aliphatic carbocycles. The van der Waals surface area contributed by atoms with Crippen LogP contribution in [0, 0.1) is 6.33 Å². The van der Waals surface area contributed by atoms with Crippen molar-refractivity contribution in [1.82, 2.24) is 14.1 Å². The molecule has 10 aromatic rings. The third kappa shape index (κ3) is 8.21. The van der Waals surface area contributed by atoms with Crippen molar-refractivity contribution in [3.63, 3.8) is 0 Å². The Morgan fingerprint density at radius 2 is 1.18 bits per heavy atom. The first-order valence-electron chi connectivity index (χ1n) is 23.9. The van der Waals surface area contributed by atoms with Crippen LogP contribution in [0.5, 0.6) is 11.5 Å². The lowest BCUT2D eigenvalue weighted by Crippen LogP contribution is -2.39. The zero-order valence-corrected chi connectivity index (χ0v) is 40.7. The number of fused-ring (bicyclic) bond motifs is 3. The summed E-state index contributed by atoms with van der Waals surface area (Å²) in [5, 5.41) is 2.30. The van der Waals surface area contributed by atoms with Crippen molar-refractivity contribution in [3.05, 3.63) is 234 Å². The largest absolute Gasteiger partial charge is 0.458 e. The molecule has 0 spiro atoms. The summed E-state index contributed by atoms with van der Waals surface area (Å²) in [6.45, 7) is 20.5. The second-order valence-corrected chi connectivity index (χ2v) is 20.6. The quantitative estimate of drug-likeness (QED) is 0.0958. The number of imidazole rings is 1. The highest BCUT2D eigenvalue weighted by molar-refractivity contribution is 6.09. The summed E-state index contributed by atoms with van der Waals surface area (Å²) < 4.78 is 13.7. The molecular weight excluding hydrogens is 829 g/mol. The second-order valence-electron chi connectivity index (χ2n) is 20.6. The fourth-order valence-corrected chi connectivity index (χ4v) is 9.83. The first kappa shape index (κ1) is 44.3. The van der Waals surface area contributed by atoms with Crippen LogP contribution in [0.4, 0.5) is 0 Å². The standard InChI is InChI=1S/C63H60N4O/c1-43(2)53-27-16-17-28-54(53)44-35-50(65-41-59(61(3,4)5)66(42-65)49-26-20-25-47(37-49)62(6,7)45-21-12-10-13-22-45)39-52(36-44)68-51-31-32-56-55-29-18-19-30-57(55)67(58(56)40-51)60-38-48(33-34-64-60)63(8,9)46-23-14-11-15-24-46/h10-41,43H,1-9H3. The Kier molecular flexibility index (Phi) is 11.3. The summed E-state index contributed by atoms with van der Waals surface area (Å²) in [6, 6.07) is 65.1. The van der Waals surface area contributed by atoms with Gasteiger partial charge in [0.1, 0.15) is 17.3 Å². The van der Waals surface area contributed by atoms with E-state index in [2.05, 4.69) is 271 Å².